The van der Waals surface area contributed by atoms with Crippen molar-refractivity contribution in [1.82, 2.24) is 10.2 Å². The maximum atomic E-state index is 13.5. The summed E-state index contributed by atoms with van der Waals surface area (Å²) < 4.78 is 13.5. The van der Waals surface area contributed by atoms with Gasteiger partial charge in [-0.25, -0.2) is 0 Å². The Morgan fingerprint density at radius 3 is 2.10 bits per heavy atom. The molecule has 1 aromatic heterocycles. The van der Waals surface area contributed by atoms with E-state index in [9.17, 15) is 4.39 Å². The molecule has 0 aliphatic carbocycles. The van der Waals surface area contributed by atoms with Crippen molar-refractivity contribution in [3.63, 3.8) is 0 Å². The Morgan fingerprint density at radius 2 is 1.60 bits per heavy atom. The first-order chi connectivity index (χ1) is 9.55. The molecular formula is C16H28ClFN2. The summed E-state index contributed by atoms with van der Waals surface area (Å²) in [6.45, 7) is 6.58. The van der Waals surface area contributed by atoms with Crippen LogP contribution in [0, 0.1) is 5.95 Å². The molecule has 0 spiro atoms. The minimum atomic E-state index is -0.503. The van der Waals surface area contributed by atoms with Gasteiger partial charge in [-0.05, 0) is 12.8 Å². The SMILES string of the molecule is CCCCCCC(C)(CCCCC)c1n[nH]c(F)c1Cl. The van der Waals surface area contributed by atoms with Crippen LogP contribution in [0.1, 0.15) is 84.3 Å². The number of aromatic nitrogens is 2. The fraction of sp³-hybridized carbons (Fsp3) is 0.812. The first kappa shape index (κ1) is 17.5. The quantitative estimate of drug-likeness (QED) is 0.527. The minimum absolute atomic E-state index is 0.110. The molecule has 1 rings (SSSR count). The van der Waals surface area contributed by atoms with Crippen molar-refractivity contribution in [3.8, 4) is 0 Å². The van der Waals surface area contributed by atoms with Crippen LogP contribution >= 0.6 is 11.6 Å². The van der Waals surface area contributed by atoms with Gasteiger partial charge in [0.2, 0.25) is 5.95 Å². The molecule has 20 heavy (non-hydrogen) atoms. The molecule has 1 N–H and O–H groups in total. The van der Waals surface area contributed by atoms with Gasteiger partial charge in [-0.2, -0.15) is 9.49 Å². The fourth-order valence-electron chi connectivity index (χ4n) is 2.78. The molecule has 0 saturated heterocycles. The molecule has 0 bridgehead atoms. The lowest BCUT2D eigenvalue weighted by atomic mass is 9.77. The van der Waals surface area contributed by atoms with Gasteiger partial charge >= 0.3 is 0 Å². The van der Waals surface area contributed by atoms with E-state index in [1.807, 2.05) is 0 Å². The summed E-state index contributed by atoms with van der Waals surface area (Å²) in [5, 5.41) is 6.70. The molecule has 0 fully saturated rings. The highest BCUT2D eigenvalue weighted by Gasteiger charge is 2.32. The van der Waals surface area contributed by atoms with E-state index in [-0.39, 0.29) is 10.4 Å². The predicted octanol–water partition coefficient (Wildman–Crippen LogP) is 6.01. The summed E-state index contributed by atoms with van der Waals surface area (Å²) in [4.78, 5) is 0. The van der Waals surface area contributed by atoms with E-state index < -0.39 is 5.95 Å². The molecule has 1 heterocycles. The Labute approximate surface area is 127 Å². The van der Waals surface area contributed by atoms with Gasteiger partial charge in [0, 0.05) is 5.41 Å². The number of hydrogen-bond acceptors (Lipinski definition) is 1. The maximum Gasteiger partial charge on any atom is 0.228 e. The zero-order chi connectivity index (χ0) is 15.0. The van der Waals surface area contributed by atoms with E-state index in [0.29, 0.717) is 5.69 Å². The number of halogens is 2. The second kappa shape index (κ2) is 8.66. The van der Waals surface area contributed by atoms with Crippen LogP contribution < -0.4 is 0 Å². The molecule has 1 aromatic rings. The van der Waals surface area contributed by atoms with Gasteiger partial charge in [0.1, 0.15) is 5.02 Å². The summed E-state index contributed by atoms with van der Waals surface area (Å²) in [7, 11) is 0. The van der Waals surface area contributed by atoms with E-state index in [2.05, 4.69) is 31.0 Å². The molecule has 2 nitrogen and oxygen atoms in total. The second-order valence-corrected chi connectivity index (χ2v) is 6.41. The van der Waals surface area contributed by atoms with Crippen molar-refractivity contribution in [2.75, 3.05) is 0 Å². The minimum Gasteiger partial charge on any atom is -0.251 e. The Kier molecular flexibility index (Phi) is 7.57. The van der Waals surface area contributed by atoms with Gasteiger partial charge in [0.25, 0.3) is 0 Å². The van der Waals surface area contributed by atoms with Crippen molar-refractivity contribution in [3.05, 3.63) is 16.7 Å². The number of unbranched alkanes of at least 4 members (excludes halogenated alkanes) is 5. The monoisotopic (exact) mass is 302 g/mol. The summed E-state index contributed by atoms with van der Waals surface area (Å²) in [5.41, 5.74) is 0.602. The van der Waals surface area contributed by atoms with Crippen LogP contribution in [0.2, 0.25) is 5.02 Å². The average molecular weight is 303 g/mol. The third-order valence-corrected chi connectivity index (χ3v) is 4.50. The van der Waals surface area contributed by atoms with Gasteiger partial charge in [0.05, 0.1) is 5.69 Å². The first-order valence-corrected chi connectivity index (χ1v) is 8.32. The molecular weight excluding hydrogens is 275 g/mol. The highest BCUT2D eigenvalue weighted by molar-refractivity contribution is 6.31. The molecule has 0 aromatic carbocycles. The van der Waals surface area contributed by atoms with Gasteiger partial charge in [-0.15, -0.1) is 0 Å². The molecule has 116 valence electrons. The molecule has 0 amide bonds. The van der Waals surface area contributed by atoms with Crippen LogP contribution in [0.4, 0.5) is 4.39 Å². The number of hydrogen-bond donors (Lipinski definition) is 1. The van der Waals surface area contributed by atoms with Gasteiger partial charge in [0.15, 0.2) is 0 Å². The van der Waals surface area contributed by atoms with Crippen LogP contribution in [0.25, 0.3) is 0 Å². The summed E-state index contributed by atoms with van der Waals surface area (Å²) >= 11 is 6.08. The molecule has 0 saturated carbocycles. The van der Waals surface area contributed by atoms with Crippen LogP contribution in [0.3, 0.4) is 0 Å². The zero-order valence-electron chi connectivity index (χ0n) is 13.1. The lowest BCUT2D eigenvalue weighted by Crippen LogP contribution is -2.23. The van der Waals surface area contributed by atoms with Crippen molar-refractivity contribution in [2.45, 2.75) is 84.0 Å². The fourth-order valence-corrected chi connectivity index (χ4v) is 3.09. The van der Waals surface area contributed by atoms with E-state index in [4.69, 9.17) is 11.6 Å². The Hall–Kier alpha value is -0.570. The van der Waals surface area contributed by atoms with E-state index in [0.717, 1.165) is 25.7 Å². The van der Waals surface area contributed by atoms with E-state index in [1.165, 1.54) is 32.1 Å². The largest absolute Gasteiger partial charge is 0.251 e. The van der Waals surface area contributed by atoms with Crippen LogP contribution in [0.5, 0.6) is 0 Å². The van der Waals surface area contributed by atoms with Crippen molar-refractivity contribution in [1.29, 1.82) is 0 Å². The molecule has 0 radical (unpaired) electrons. The number of H-pyrrole nitrogens is 1. The maximum absolute atomic E-state index is 13.5. The number of rotatable bonds is 10. The van der Waals surface area contributed by atoms with Crippen LogP contribution in [-0.2, 0) is 5.41 Å². The third kappa shape index (κ3) is 4.76. The van der Waals surface area contributed by atoms with Crippen molar-refractivity contribution < 1.29 is 4.39 Å². The predicted molar refractivity (Wildman–Crippen MR) is 83.8 cm³/mol. The summed E-state index contributed by atoms with van der Waals surface area (Å²) in [5.74, 6) is -0.503. The smallest absolute Gasteiger partial charge is 0.228 e. The van der Waals surface area contributed by atoms with Crippen LogP contribution in [-0.4, -0.2) is 10.2 Å². The highest BCUT2D eigenvalue weighted by atomic mass is 35.5. The number of nitrogens with one attached hydrogen (secondary N) is 1. The Morgan fingerprint density at radius 1 is 1.05 bits per heavy atom. The highest BCUT2D eigenvalue weighted by Crippen LogP contribution is 2.38. The lowest BCUT2D eigenvalue weighted by molar-refractivity contribution is 0.356. The normalized spacial score (nSPS) is 14.4. The van der Waals surface area contributed by atoms with Crippen LogP contribution in [0.15, 0.2) is 0 Å². The lowest BCUT2D eigenvalue weighted by Gasteiger charge is -2.28. The van der Waals surface area contributed by atoms with Gasteiger partial charge < -0.3 is 0 Å². The number of nitrogens with zero attached hydrogens (tertiary/aromatic N) is 1. The summed E-state index contributed by atoms with van der Waals surface area (Å²) in [6.07, 6.45) is 10.5. The second-order valence-electron chi connectivity index (χ2n) is 6.03. The summed E-state index contributed by atoms with van der Waals surface area (Å²) in [6, 6.07) is 0. The van der Waals surface area contributed by atoms with Gasteiger partial charge in [-0.3, -0.25) is 5.10 Å². The van der Waals surface area contributed by atoms with Gasteiger partial charge in [-0.1, -0.05) is 77.3 Å². The average Bonchev–Trinajstić information content (AvgIpc) is 2.76. The molecule has 1 unspecified atom stereocenters. The van der Waals surface area contributed by atoms with E-state index in [1.54, 1.807) is 0 Å². The standard InChI is InChI=1S/C16H28ClFN2/c1-4-6-8-10-12-16(3,11-9-7-5-2)14-13(17)15(18)20-19-14/h4-12H2,1-3H3,(H,19,20). The Bertz CT molecular complexity index is 392. The number of aromatic amines is 1. The first-order valence-electron chi connectivity index (χ1n) is 7.95. The topological polar surface area (TPSA) is 28.7 Å². The van der Waals surface area contributed by atoms with Crippen molar-refractivity contribution in [2.24, 2.45) is 0 Å². The molecule has 0 aliphatic rings. The Balaban J connectivity index is 2.74. The third-order valence-electron chi connectivity index (χ3n) is 4.15. The molecule has 0 aliphatic heterocycles. The molecule has 4 heteroatoms. The van der Waals surface area contributed by atoms with Crippen molar-refractivity contribution >= 4 is 11.6 Å². The zero-order valence-corrected chi connectivity index (χ0v) is 13.8. The molecule has 1 atom stereocenters. The van der Waals surface area contributed by atoms with E-state index >= 15 is 0 Å².